The molecule has 1 N–H and O–H groups in total. The van der Waals surface area contributed by atoms with Crippen LogP contribution in [0.5, 0.6) is 11.5 Å². The number of rotatable bonds is 5. The van der Waals surface area contributed by atoms with E-state index in [9.17, 15) is 14.4 Å². The van der Waals surface area contributed by atoms with Gasteiger partial charge in [0, 0.05) is 20.1 Å². The Kier molecular flexibility index (Phi) is 5.83. The number of carbonyl (C=O) groups excluding carboxylic acids is 2. The number of benzene rings is 1. The van der Waals surface area contributed by atoms with E-state index in [1.165, 1.54) is 9.80 Å². The summed E-state index contributed by atoms with van der Waals surface area (Å²) >= 11 is 0. The van der Waals surface area contributed by atoms with Gasteiger partial charge in [-0.1, -0.05) is 6.07 Å². The molecule has 0 bridgehead atoms. The molecule has 0 saturated carbocycles. The van der Waals surface area contributed by atoms with E-state index in [1.54, 1.807) is 19.2 Å². The van der Waals surface area contributed by atoms with E-state index in [0.717, 1.165) is 5.56 Å². The van der Waals surface area contributed by atoms with Gasteiger partial charge in [0.2, 0.25) is 11.8 Å². The van der Waals surface area contributed by atoms with Crippen LogP contribution in [-0.2, 0) is 20.8 Å². The highest BCUT2D eigenvalue weighted by atomic mass is 16.6. The third-order valence-electron chi connectivity index (χ3n) is 4.88. The third kappa shape index (κ3) is 4.69. The largest absolute Gasteiger partial charge is 0.486 e. The van der Waals surface area contributed by atoms with Gasteiger partial charge >= 0.3 is 5.97 Å². The van der Waals surface area contributed by atoms with Gasteiger partial charge in [-0.3, -0.25) is 14.4 Å². The highest BCUT2D eigenvalue weighted by Gasteiger charge is 2.29. The average molecular weight is 376 g/mol. The van der Waals surface area contributed by atoms with Gasteiger partial charge in [-0.2, -0.15) is 0 Å². The first-order valence-electron chi connectivity index (χ1n) is 9.07. The average Bonchev–Trinajstić information content (AvgIpc) is 2.67. The quantitative estimate of drug-likeness (QED) is 0.816. The second-order valence-corrected chi connectivity index (χ2v) is 6.92. The van der Waals surface area contributed by atoms with Crippen molar-refractivity contribution in [2.24, 2.45) is 5.92 Å². The summed E-state index contributed by atoms with van der Waals surface area (Å²) < 4.78 is 11.0. The lowest BCUT2D eigenvalue weighted by atomic mass is 9.98. The maximum absolute atomic E-state index is 12.5. The summed E-state index contributed by atoms with van der Waals surface area (Å²) in [5.74, 6) is -0.528. The first-order chi connectivity index (χ1) is 12.9. The van der Waals surface area contributed by atoms with Crippen molar-refractivity contribution in [2.75, 3.05) is 39.9 Å². The van der Waals surface area contributed by atoms with Crippen molar-refractivity contribution >= 4 is 17.8 Å². The Balaban J connectivity index is 1.54. The van der Waals surface area contributed by atoms with E-state index in [0.29, 0.717) is 44.1 Å². The Labute approximate surface area is 157 Å². The van der Waals surface area contributed by atoms with E-state index in [-0.39, 0.29) is 31.3 Å². The molecule has 27 heavy (non-hydrogen) atoms. The van der Waals surface area contributed by atoms with Gasteiger partial charge in [-0.25, -0.2) is 0 Å². The molecule has 8 nitrogen and oxygen atoms in total. The SMILES string of the molecule is CN(CC(=O)N1CCCC(C(=O)O)C1)C(=O)Cc1ccc2c(c1)OCCO2. The maximum atomic E-state index is 12.5. The first-order valence-corrected chi connectivity index (χ1v) is 9.07. The highest BCUT2D eigenvalue weighted by Crippen LogP contribution is 2.31. The van der Waals surface area contributed by atoms with Crippen LogP contribution in [0.1, 0.15) is 18.4 Å². The molecule has 1 aromatic carbocycles. The van der Waals surface area contributed by atoms with Crippen molar-refractivity contribution in [2.45, 2.75) is 19.3 Å². The molecular weight excluding hydrogens is 352 g/mol. The standard InChI is InChI=1S/C19H24N2O6/c1-20(12-18(23)21-6-2-3-14(11-21)19(24)25)17(22)10-13-4-5-15-16(9-13)27-8-7-26-15/h4-5,9,14H,2-3,6-8,10-12H2,1H3,(H,24,25). The van der Waals surface area contributed by atoms with Crippen LogP contribution in [-0.4, -0.2) is 72.6 Å². The number of carbonyl (C=O) groups is 3. The molecule has 0 aliphatic carbocycles. The fourth-order valence-electron chi connectivity index (χ4n) is 3.30. The summed E-state index contributed by atoms with van der Waals surface area (Å²) in [6.07, 6.45) is 1.40. The second kappa shape index (κ2) is 8.28. The number of carboxylic acids is 1. The molecule has 2 heterocycles. The molecule has 1 fully saturated rings. The van der Waals surface area contributed by atoms with Gasteiger partial charge < -0.3 is 24.4 Å². The van der Waals surface area contributed by atoms with Crippen LogP contribution in [0.3, 0.4) is 0 Å². The van der Waals surface area contributed by atoms with E-state index in [2.05, 4.69) is 0 Å². The van der Waals surface area contributed by atoms with Gasteiger partial charge in [0.15, 0.2) is 11.5 Å². The smallest absolute Gasteiger partial charge is 0.308 e. The number of ether oxygens (including phenoxy) is 2. The van der Waals surface area contributed by atoms with Crippen LogP contribution in [0.15, 0.2) is 18.2 Å². The Morgan fingerprint density at radius 2 is 1.96 bits per heavy atom. The number of carboxylic acid groups (broad SMARTS) is 1. The normalized spacial score (nSPS) is 18.7. The number of aliphatic carboxylic acids is 1. The zero-order valence-corrected chi connectivity index (χ0v) is 15.3. The monoisotopic (exact) mass is 376 g/mol. The number of hydrogen-bond donors (Lipinski definition) is 1. The minimum absolute atomic E-state index is 0.0598. The van der Waals surface area contributed by atoms with Gasteiger partial charge in [0.25, 0.3) is 0 Å². The van der Waals surface area contributed by atoms with Crippen molar-refractivity contribution in [3.63, 3.8) is 0 Å². The molecule has 0 spiro atoms. The Morgan fingerprint density at radius 3 is 2.70 bits per heavy atom. The maximum Gasteiger partial charge on any atom is 0.308 e. The molecule has 1 atom stereocenters. The summed E-state index contributed by atoms with van der Waals surface area (Å²) in [5, 5.41) is 9.13. The van der Waals surface area contributed by atoms with Crippen LogP contribution in [0.2, 0.25) is 0 Å². The summed E-state index contributed by atoms with van der Waals surface area (Å²) in [6, 6.07) is 5.37. The second-order valence-electron chi connectivity index (χ2n) is 6.92. The molecule has 1 aromatic rings. The van der Waals surface area contributed by atoms with E-state index in [1.807, 2.05) is 6.07 Å². The summed E-state index contributed by atoms with van der Waals surface area (Å²) in [5.41, 5.74) is 0.785. The number of amides is 2. The number of hydrogen-bond acceptors (Lipinski definition) is 5. The van der Waals surface area contributed by atoms with E-state index < -0.39 is 11.9 Å². The lowest BCUT2D eigenvalue weighted by Gasteiger charge is -2.32. The van der Waals surface area contributed by atoms with Crippen molar-refractivity contribution in [1.82, 2.24) is 9.80 Å². The molecule has 1 unspecified atom stereocenters. The van der Waals surface area contributed by atoms with Crippen LogP contribution in [0.25, 0.3) is 0 Å². The van der Waals surface area contributed by atoms with Crippen LogP contribution in [0, 0.1) is 5.92 Å². The predicted molar refractivity (Wildman–Crippen MR) is 95.7 cm³/mol. The molecule has 1 saturated heterocycles. The number of nitrogens with zero attached hydrogens (tertiary/aromatic N) is 2. The van der Waals surface area contributed by atoms with E-state index >= 15 is 0 Å². The molecule has 2 amide bonds. The van der Waals surface area contributed by atoms with Crippen molar-refractivity contribution < 1.29 is 29.0 Å². The first kappa shape index (κ1) is 19.0. The molecule has 0 aromatic heterocycles. The molecule has 2 aliphatic heterocycles. The van der Waals surface area contributed by atoms with Crippen LogP contribution < -0.4 is 9.47 Å². The van der Waals surface area contributed by atoms with Gasteiger partial charge in [0.1, 0.15) is 13.2 Å². The Bertz CT molecular complexity index is 735. The summed E-state index contributed by atoms with van der Waals surface area (Å²) in [6.45, 7) is 1.67. The zero-order valence-electron chi connectivity index (χ0n) is 15.3. The molecule has 8 heteroatoms. The molecule has 2 aliphatic rings. The molecular formula is C19H24N2O6. The van der Waals surface area contributed by atoms with E-state index in [4.69, 9.17) is 14.6 Å². The number of likely N-dealkylation sites (N-methyl/N-ethyl adjacent to an activating group) is 1. The van der Waals surface area contributed by atoms with Crippen molar-refractivity contribution in [3.8, 4) is 11.5 Å². The fourth-order valence-corrected chi connectivity index (χ4v) is 3.30. The lowest BCUT2D eigenvalue weighted by Crippen LogP contribution is -2.47. The van der Waals surface area contributed by atoms with Crippen molar-refractivity contribution in [3.05, 3.63) is 23.8 Å². The van der Waals surface area contributed by atoms with Crippen LogP contribution in [0.4, 0.5) is 0 Å². The lowest BCUT2D eigenvalue weighted by molar-refractivity contribution is -0.147. The predicted octanol–water partition coefficient (Wildman–Crippen LogP) is 0.782. The van der Waals surface area contributed by atoms with Gasteiger partial charge in [0.05, 0.1) is 18.9 Å². The highest BCUT2D eigenvalue weighted by molar-refractivity contribution is 5.86. The Hall–Kier alpha value is -2.77. The van der Waals surface area contributed by atoms with Crippen LogP contribution >= 0.6 is 0 Å². The minimum atomic E-state index is -0.879. The van der Waals surface area contributed by atoms with Gasteiger partial charge in [-0.15, -0.1) is 0 Å². The van der Waals surface area contributed by atoms with Gasteiger partial charge in [-0.05, 0) is 30.5 Å². The number of fused-ring (bicyclic) bond motifs is 1. The topological polar surface area (TPSA) is 96.4 Å². The molecule has 146 valence electrons. The molecule has 3 rings (SSSR count). The summed E-state index contributed by atoms with van der Waals surface area (Å²) in [4.78, 5) is 38.9. The number of likely N-dealkylation sites (tertiary alicyclic amines) is 1. The third-order valence-corrected chi connectivity index (χ3v) is 4.88. The minimum Gasteiger partial charge on any atom is -0.486 e. The Morgan fingerprint density at radius 1 is 1.22 bits per heavy atom. The fraction of sp³-hybridized carbons (Fsp3) is 0.526. The van der Waals surface area contributed by atoms with Crippen molar-refractivity contribution in [1.29, 1.82) is 0 Å². The summed E-state index contributed by atoms with van der Waals surface area (Å²) in [7, 11) is 1.58. The molecule has 0 radical (unpaired) electrons. The number of piperidine rings is 1. The zero-order chi connectivity index (χ0) is 19.4.